The maximum atomic E-state index is 10.7. The molecule has 0 radical (unpaired) electrons. The predicted molar refractivity (Wildman–Crippen MR) is 40.7 cm³/mol. The zero-order chi connectivity index (χ0) is 8.04. The van der Waals surface area contributed by atoms with Gasteiger partial charge < -0.3 is 9.08 Å². The van der Waals surface area contributed by atoms with E-state index < -0.39 is 6.80 Å². The number of rotatable bonds is 5. The molecule has 10 heavy (non-hydrogen) atoms. The van der Waals surface area contributed by atoms with Gasteiger partial charge in [0.05, 0.1) is 13.2 Å². The first-order valence-electron chi connectivity index (χ1n) is 2.91. The lowest BCUT2D eigenvalue weighted by atomic mass is 10.9. The van der Waals surface area contributed by atoms with Crippen molar-refractivity contribution in [1.29, 1.82) is 0 Å². The van der Waals surface area contributed by atoms with Crippen LogP contribution in [-0.2, 0) is 13.3 Å². The first-order valence-corrected chi connectivity index (χ1v) is 5.83. The lowest BCUT2D eigenvalue weighted by Crippen LogP contribution is -1.86. The van der Waals surface area contributed by atoms with E-state index in [2.05, 4.69) is 8.71 Å². The molecule has 62 valence electrons. The molecule has 0 aliphatic rings. The van der Waals surface area contributed by atoms with Crippen molar-refractivity contribution in [3.63, 3.8) is 0 Å². The summed E-state index contributed by atoms with van der Waals surface area (Å²) in [6.45, 7) is 0.476. The molecule has 1 atom stereocenters. The number of hydrogen-bond donors (Lipinski definition) is 1. The Morgan fingerprint density at radius 2 is 2.10 bits per heavy atom. The van der Waals surface area contributed by atoms with Gasteiger partial charge in [-0.15, -0.1) is 0 Å². The minimum Gasteiger partial charge on any atom is -0.315 e. The molecular weight excluding hydrogens is 175 g/mol. The van der Waals surface area contributed by atoms with Gasteiger partial charge in [0, 0.05) is 0 Å². The highest BCUT2D eigenvalue weighted by Gasteiger charge is 2.19. The molecule has 0 fully saturated rings. The molecular formula is C4H11O4PS. The van der Waals surface area contributed by atoms with E-state index in [1.54, 1.807) is 13.8 Å². The fourth-order valence-electron chi connectivity index (χ4n) is 0.304. The molecule has 0 saturated heterocycles. The van der Waals surface area contributed by atoms with E-state index in [9.17, 15) is 4.57 Å². The van der Waals surface area contributed by atoms with Crippen LogP contribution in [0.1, 0.15) is 13.8 Å². The van der Waals surface area contributed by atoms with Gasteiger partial charge in [0.25, 0.3) is 0 Å². The highest BCUT2D eigenvalue weighted by atomic mass is 32.7. The van der Waals surface area contributed by atoms with Crippen molar-refractivity contribution >= 4 is 18.5 Å². The Kier molecular flexibility index (Phi) is 5.39. The molecule has 0 bridgehead atoms. The third-order valence-electron chi connectivity index (χ3n) is 0.557. The van der Waals surface area contributed by atoms with E-state index >= 15 is 0 Å². The van der Waals surface area contributed by atoms with Crippen LogP contribution in [0.5, 0.6) is 0 Å². The van der Waals surface area contributed by atoms with Crippen molar-refractivity contribution in [2.24, 2.45) is 0 Å². The van der Waals surface area contributed by atoms with E-state index in [0.717, 1.165) is 0 Å². The molecule has 0 aromatic carbocycles. The third kappa shape index (κ3) is 5.26. The maximum absolute atomic E-state index is 10.7. The van der Waals surface area contributed by atoms with Crippen LogP contribution in [0, 0.1) is 0 Å². The van der Waals surface area contributed by atoms with Gasteiger partial charge in [-0.1, -0.05) is 0 Å². The Hall–Kier alpha value is 0.460. The third-order valence-corrected chi connectivity index (χ3v) is 2.87. The van der Waals surface area contributed by atoms with Crippen molar-refractivity contribution in [3.8, 4) is 0 Å². The minimum atomic E-state index is -3.51. The molecule has 0 saturated carbocycles. The molecule has 0 aromatic heterocycles. The average molecular weight is 186 g/mol. The van der Waals surface area contributed by atoms with Crippen LogP contribution in [0.4, 0.5) is 0 Å². The Labute approximate surface area is 64.4 Å². The Morgan fingerprint density at radius 3 is 2.50 bits per heavy atom. The summed E-state index contributed by atoms with van der Waals surface area (Å²) in [6, 6.07) is 0. The second kappa shape index (κ2) is 5.16. The molecule has 1 unspecified atom stereocenters. The average Bonchev–Trinajstić information content (AvgIpc) is 1.84. The van der Waals surface area contributed by atoms with Gasteiger partial charge in [-0.05, 0) is 13.8 Å². The summed E-state index contributed by atoms with van der Waals surface area (Å²) in [5, 5.41) is 0. The van der Waals surface area contributed by atoms with Crippen molar-refractivity contribution in [2.45, 2.75) is 13.8 Å². The summed E-state index contributed by atoms with van der Waals surface area (Å²) in [6.07, 6.45) is 0. The maximum Gasteiger partial charge on any atom is 0.413 e. The fourth-order valence-corrected chi connectivity index (χ4v) is 2.07. The quantitative estimate of drug-likeness (QED) is 0.524. The monoisotopic (exact) mass is 186 g/mol. The standard InChI is InChI=1S/C4H11O4PS/c1-3-7-9(5,6)10-8-4-2/h3-4H2,1-2H3,(H,5,6). The molecule has 0 rings (SSSR count). The molecule has 0 heterocycles. The molecule has 0 aliphatic carbocycles. The van der Waals surface area contributed by atoms with Gasteiger partial charge in [0.2, 0.25) is 0 Å². The van der Waals surface area contributed by atoms with Crippen LogP contribution >= 0.6 is 18.5 Å². The van der Waals surface area contributed by atoms with Gasteiger partial charge in [-0.2, -0.15) is 0 Å². The molecule has 0 spiro atoms. The summed E-state index contributed by atoms with van der Waals surface area (Å²) >= 11 is 0.492. The van der Waals surface area contributed by atoms with E-state index in [1.807, 2.05) is 0 Å². The summed E-state index contributed by atoms with van der Waals surface area (Å²) in [4.78, 5) is 8.82. The van der Waals surface area contributed by atoms with Crippen LogP contribution in [0.15, 0.2) is 0 Å². The first kappa shape index (κ1) is 10.5. The van der Waals surface area contributed by atoms with Crippen molar-refractivity contribution in [3.05, 3.63) is 0 Å². The van der Waals surface area contributed by atoms with Crippen LogP contribution in [0.3, 0.4) is 0 Å². The lowest BCUT2D eigenvalue weighted by Gasteiger charge is -2.06. The van der Waals surface area contributed by atoms with Crippen LogP contribution < -0.4 is 0 Å². The van der Waals surface area contributed by atoms with Crippen molar-refractivity contribution in [2.75, 3.05) is 13.2 Å². The number of hydrogen-bond acceptors (Lipinski definition) is 4. The Morgan fingerprint density at radius 1 is 1.50 bits per heavy atom. The van der Waals surface area contributed by atoms with Crippen LogP contribution in [-0.4, -0.2) is 18.1 Å². The molecule has 6 heteroatoms. The van der Waals surface area contributed by atoms with Gasteiger partial charge in [-0.3, -0.25) is 4.52 Å². The fraction of sp³-hybridized carbons (Fsp3) is 1.00. The summed E-state index contributed by atoms with van der Waals surface area (Å²) in [7, 11) is 0. The topological polar surface area (TPSA) is 55.8 Å². The highest BCUT2D eigenvalue weighted by Crippen LogP contribution is 2.55. The predicted octanol–water partition coefficient (Wildman–Crippen LogP) is 1.81. The Balaban J connectivity index is 3.53. The molecule has 0 aliphatic heterocycles. The molecule has 4 nitrogen and oxygen atoms in total. The van der Waals surface area contributed by atoms with E-state index in [1.165, 1.54) is 0 Å². The van der Waals surface area contributed by atoms with Crippen molar-refractivity contribution < 1.29 is 18.2 Å². The smallest absolute Gasteiger partial charge is 0.315 e. The van der Waals surface area contributed by atoms with E-state index in [-0.39, 0.29) is 6.61 Å². The van der Waals surface area contributed by atoms with Crippen LogP contribution in [0.2, 0.25) is 0 Å². The largest absolute Gasteiger partial charge is 0.413 e. The Bertz CT molecular complexity index is 128. The van der Waals surface area contributed by atoms with Crippen molar-refractivity contribution in [1.82, 2.24) is 0 Å². The minimum absolute atomic E-state index is 0.216. The second-order valence-electron chi connectivity index (χ2n) is 1.37. The normalized spacial score (nSPS) is 16.7. The van der Waals surface area contributed by atoms with Crippen LogP contribution in [0.25, 0.3) is 0 Å². The summed E-state index contributed by atoms with van der Waals surface area (Å²) < 4.78 is 19.9. The first-order chi connectivity index (χ1) is 4.62. The van der Waals surface area contributed by atoms with Gasteiger partial charge in [0.15, 0.2) is 0 Å². The zero-order valence-electron chi connectivity index (χ0n) is 5.94. The van der Waals surface area contributed by atoms with E-state index in [4.69, 9.17) is 4.89 Å². The molecule has 0 amide bonds. The SMILES string of the molecule is CCOSP(=O)(O)OCC. The second-order valence-corrected chi connectivity index (χ2v) is 4.78. The van der Waals surface area contributed by atoms with Gasteiger partial charge >= 0.3 is 6.80 Å². The van der Waals surface area contributed by atoms with Gasteiger partial charge in [-0.25, -0.2) is 4.57 Å². The summed E-state index contributed by atoms with van der Waals surface area (Å²) in [5.74, 6) is 0. The van der Waals surface area contributed by atoms with Gasteiger partial charge in [0.1, 0.15) is 11.7 Å². The zero-order valence-corrected chi connectivity index (χ0v) is 7.65. The lowest BCUT2D eigenvalue weighted by molar-refractivity contribution is 0.286. The van der Waals surface area contributed by atoms with E-state index in [0.29, 0.717) is 18.3 Å². The molecule has 0 aromatic rings. The summed E-state index contributed by atoms with van der Waals surface area (Å²) in [5.41, 5.74) is 0. The molecule has 1 N–H and O–H groups in total. The highest BCUT2D eigenvalue weighted by molar-refractivity contribution is 8.52.